The summed E-state index contributed by atoms with van der Waals surface area (Å²) in [5, 5.41) is 4.11. The summed E-state index contributed by atoms with van der Waals surface area (Å²) in [5.41, 5.74) is 2.32. The number of aromatic nitrogens is 2. The Hall–Kier alpha value is -2.20. The van der Waals surface area contributed by atoms with E-state index in [1.807, 2.05) is 31.2 Å². The maximum absolute atomic E-state index is 13.3. The summed E-state index contributed by atoms with van der Waals surface area (Å²) in [6, 6.07) is 12.1. The van der Waals surface area contributed by atoms with Crippen LogP contribution in [0.2, 0.25) is 5.28 Å². The summed E-state index contributed by atoms with van der Waals surface area (Å²) >= 11 is 5.92. The second-order valence-electron chi connectivity index (χ2n) is 4.44. The van der Waals surface area contributed by atoms with Crippen LogP contribution in [-0.4, -0.2) is 9.97 Å². The number of rotatable bonds is 2. The molecule has 0 spiro atoms. The summed E-state index contributed by atoms with van der Waals surface area (Å²) in [7, 11) is 0. The first-order valence-electron chi connectivity index (χ1n) is 6.09. The van der Waals surface area contributed by atoms with Gasteiger partial charge >= 0.3 is 0 Å². The zero-order valence-electron chi connectivity index (χ0n) is 10.7. The smallest absolute Gasteiger partial charge is 0.224 e. The normalized spacial score (nSPS) is 10.8. The number of anilines is 2. The number of nitrogens with zero attached hydrogens (tertiary/aromatic N) is 2. The molecule has 0 aliphatic carbocycles. The maximum Gasteiger partial charge on any atom is 0.224 e. The second-order valence-corrected chi connectivity index (χ2v) is 4.78. The Morgan fingerprint density at radius 2 is 1.90 bits per heavy atom. The van der Waals surface area contributed by atoms with Gasteiger partial charge < -0.3 is 5.32 Å². The molecule has 5 heteroatoms. The molecule has 1 aromatic heterocycles. The van der Waals surface area contributed by atoms with Crippen LogP contribution in [0.4, 0.5) is 15.9 Å². The summed E-state index contributed by atoms with van der Waals surface area (Å²) in [4.78, 5) is 8.35. The lowest BCUT2D eigenvalue weighted by Crippen LogP contribution is -1.99. The predicted molar refractivity (Wildman–Crippen MR) is 79.0 cm³/mol. The van der Waals surface area contributed by atoms with Crippen molar-refractivity contribution >= 4 is 34.0 Å². The molecule has 3 nitrogen and oxygen atoms in total. The Kier molecular flexibility index (Phi) is 3.24. The van der Waals surface area contributed by atoms with Gasteiger partial charge in [-0.3, -0.25) is 0 Å². The van der Waals surface area contributed by atoms with Gasteiger partial charge in [0, 0.05) is 11.1 Å². The lowest BCUT2D eigenvalue weighted by Gasteiger charge is -2.11. The zero-order chi connectivity index (χ0) is 14.1. The fourth-order valence-electron chi connectivity index (χ4n) is 2.00. The third-order valence-electron chi connectivity index (χ3n) is 3.03. The molecule has 0 amide bonds. The number of para-hydroxylation sites is 1. The highest BCUT2D eigenvalue weighted by molar-refractivity contribution is 6.28. The van der Waals surface area contributed by atoms with Gasteiger partial charge in [0.05, 0.1) is 5.52 Å². The second kappa shape index (κ2) is 5.06. The molecule has 0 unspecified atom stereocenters. The van der Waals surface area contributed by atoms with E-state index in [9.17, 15) is 4.39 Å². The molecule has 0 fully saturated rings. The van der Waals surface area contributed by atoms with Gasteiger partial charge in [0.25, 0.3) is 0 Å². The van der Waals surface area contributed by atoms with Crippen molar-refractivity contribution in [3.05, 3.63) is 59.1 Å². The van der Waals surface area contributed by atoms with E-state index in [2.05, 4.69) is 15.3 Å². The maximum atomic E-state index is 13.3. The molecule has 1 heterocycles. The first kappa shape index (κ1) is 12.8. The van der Waals surface area contributed by atoms with E-state index in [1.165, 1.54) is 12.1 Å². The van der Waals surface area contributed by atoms with Crippen molar-refractivity contribution in [3.63, 3.8) is 0 Å². The molecule has 3 aromatic rings. The van der Waals surface area contributed by atoms with E-state index in [4.69, 9.17) is 11.6 Å². The lowest BCUT2D eigenvalue weighted by molar-refractivity contribution is 0.628. The van der Waals surface area contributed by atoms with Gasteiger partial charge in [-0.2, -0.15) is 4.98 Å². The van der Waals surface area contributed by atoms with Gasteiger partial charge in [0.15, 0.2) is 0 Å². The Morgan fingerprint density at radius 1 is 1.10 bits per heavy atom. The summed E-state index contributed by atoms with van der Waals surface area (Å²) in [5.74, 6) is 0.261. The predicted octanol–water partition coefficient (Wildman–Crippen LogP) is 4.47. The largest absolute Gasteiger partial charge is 0.339 e. The highest BCUT2D eigenvalue weighted by atomic mass is 35.5. The Morgan fingerprint density at radius 3 is 2.75 bits per heavy atom. The molecule has 2 aromatic carbocycles. The van der Waals surface area contributed by atoms with Crippen molar-refractivity contribution in [2.75, 3.05) is 5.32 Å². The van der Waals surface area contributed by atoms with Crippen LogP contribution >= 0.6 is 11.6 Å². The monoisotopic (exact) mass is 287 g/mol. The van der Waals surface area contributed by atoms with Crippen LogP contribution in [-0.2, 0) is 0 Å². The topological polar surface area (TPSA) is 37.8 Å². The molecule has 100 valence electrons. The molecule has 0 atom stereocenters. The number of nitrogens with one attached hydrogen (secondary N) is 1. The van der Waals surface area contributed by atoms with E-state index in [-0.39, 0.29) is 11.1 Å². The molecule has 0 bridgehead atoms. The summed E-state index contributed by atoms with van der Waals surface area (Å²) in [6.07, 6.45) is 0. The average Bonchev–Trinajstić information content (AvgIpc) is 2.43. The lowest BCUT2D eigenvalue weighted by atomic mass is 10.2. The molecular formula is C15H11ClFN3. The highest BCUT2D eigenvalue weighted by Gasteiger charge is 2.08. The number of benzene rings is 2. The average molecular weight is 288 g/mol. The van der Waals surface area contributed by atoms with Crippen molar-refractivity contribution in [2.24, 2.45) is 0 Å². The highest BCUT2D eigenvalue weighted by Crippen LogP contribution is 2.27. The number of fused-ring (bicyclic) bond motifs is 1. The molecule has 1 N–H and O–H groups in total. The van der Waals surface area contributed by atoms with Crippen molar-refractivity contribution in [3.8, 4) is 0 Å². The minimum atomic E-state index is -0.303. The number of hydrogen-bond acceptors (Lipinski definition) is 3. The van der Waals surface area contributed by atoms with Crippen LogP contribution in [0.5, 0.6) is 0 Å². The summed E-state index contributed by atoms with van der Waals surface area (Å²) < 4.78 is 13.3. The van der Waals surface area contributed by atoms with Crippen molar-refractivity contribution in [1.82, 2.24) is 9.97 Å². The van der Waals surface area contributed by atoms with Crippen LogP contribution in [0.3, 0.4) is 0 Å². The molecular weight excluding hydrogens is 277 g/mol. The standard InChI is InChI=1S/C15H11ClFN3/c1-9-6-7-10(17)8-13(9)18-14-11-4-2-3-5-12(11)19-15(16)20-14/h2-8H,1H3,(H,18,19,20). The van der Waals surface area contributed by atoms with Crippen molar-refractivity contribution < 1.29 is 4.39 Å². The fourth-order valence-corrected chi connectivity index (χ4v) is 2.18. The van der Waals surface area contributed by atoms with Gasteiger partial charge in [-0.1, -0.05) is 18.2 Å². The Balaban J connectivity index is 2.13. The van der Waals surface area contributed by atoms with E-state index in [0.29, 0.717) is 11.5 Å². The van der Waals surface area contributed by atoms with Gasteiger partial charge in [-0.25, -0.2) is 9.37 Å². The van der Waals surface area contributed by atoms with Crippen LogP contribution < -0.4 is 5.32 Å². The van der Waals surface area contributed by atoms with Gasteiger partial charge in [0.2, 0.25) is 5.28 Å². The van der Waals surface area contributed by atoms with Gasteiger partial charge in [-0.05, 0) is 48.4 Å². The molecule has 0 aliphatic rings. The van der Waals surface area contributed by atoms with Gasteiger partial charge in [0.1, 0.15) is 11.6 Å². The minimum Gasteiger partial charge on any atom is -0.339 e. The number of aryl methyl sites for hydroxylation is 1. The first-order valence-corrected chi connectivity index (χ1v) is 6.47. The molecule has 0 saturated heterocycles. The summed E-state index contributed by atoms with van der Waals surface area (Å²) in [6.45, 7) is 1.90. The minimum absolute atomic E-state index is 0.153. The van der Waals surface area contributed by atoms with E-state index < -0.39 is 0 Å². The van der Waals surface area contributed by atoms with Crippen LogP contribution in [0.15, 0.2) is 42.5 Å². The van der Waals surface area contributed by atoms with E-state index >= 15 is 0 Å². The molecule has 0 aliphatic heterocycles. The zero-order valence-corrected chi connectivity index (χ0v) is 11.4. The van der Waals surface area contributed by atoms with E-state index in [1.54, 1.807) is 6.07 Å². The molecule has 0 saturated carbocycles. The van der Waals surface area contributed by atoms with Crippen molar-refractivity contribution in [1.29, 1.82) is 0 Å². The number of halogens is 2. The Labute approximate surface area is 120 Å². The quantitative estimate of drug-likeness (QED) is 0.707. The van der Waals surface area contributed by atoms with Crippen LogP contribution in [0.1, 0.15) is 5.56 Å². The van der Waals surface area contributed by atoms with Crippen LogP contribution in [0, 0.1) is 12.7 Å². The number of hydrogen-bond donors (Lipinski definition) is 1. The van der Waals surface area contributed by atoms with E-state index in [0.717, 1.165) is 16.5 Å². The third-order valence-corrected chi connectivity index (χ3v) is 3.20. The SMILES string of the molecule is Cc1ccc(F)cc1Nc1nc(Cl)nc2ccccc12. The first-order chi connectivity index (χ1) is 9.63. The molecule has 20 heavy (non-hydrogen) atoms. The fraction of sp³-hybridized carbons (Fsp3) is 0.0667. The Bertz CT molecular complexity index is 789. The third kappa shape index (κ3) is 2.42. The van der Waals surface area contributed by atoms with Crippen LogP contribution in [0.25, 0.3) is 10.9 Å². The molecule has 3 rings (SSSR count). The van der Waals surface area contributed by atoms with Gasteiger partial charge in [-0.15, -0.1) is 0 Å². The molecule has 0 radical (unpaired) electrons. The van der Waals surface area contributed by atoms with Crippen molar-refractivity contribution in [2.45, 2.75) is 6.92 Å².